The molecule has 0 aliphatic rings. The Bertz CT molecular complexity index is 503. The Balaban J connectivity index is 2.34. The number of carbonyl (C=O) groups is 2. The van der Waals surface area contributed by atoms with Crippen LogP contribution in [0.5, 0.6) is 0 Å². The molecule has 3 N–H and O–H groups in total. The number of benzene rings is 1. The van der Waals surface area contributed by atoms with Crippen molar-refractivity contribution >= 4 is 23.3 Å². The fraction of sp³-hybridized carbons (Fsp3) is 0.385. The van der Waals surface area contributed by atoms with E-state index in [4.69, 9.17) is 0 Å². The van der Waals surface area contributed by atoms with Gasteiger partial charge in [0.05, 0.1) is 13.0 Å². The lowest BCUT2D eigenvalue weighted by atomic mass is 10.2. The second-order valence-corrected chi connectivity index (χ2v) is 4.25. The number of urea groups is 1. The Kier molecular flexibility index (Phi) is 6.64. The van der Waals surface area contributed by atoms with Crippen LogP contribution in [-0.4, -0.2) is 38.4 Å². The highest BCUT2D eigenvalue weighted by Crippen LogP contribution is 2.15. The van der Waals surface area contributed by atoms with E-state index in [9.17, 15) is 22.8 Å². The first kappa shape index (κ1) is 17.8. The van der Waals surface area contributed by atoms with Gasteiger partial charge in [0.1, 0.15) is 6.61 Å². The monoisotopic (exact) mass is 319 g/mol. The topological polar surface area (TPSA) is 79.5 Å². The first-order valence-corrected chi connectivity index (χ1v) is 6.33. The van der Waals surface area contributed by atoms with Crippen molar-refractivity contribution in [3.63, 3.8) is 0 Å². The summed E-state index contributed by atoms with van der Waals surface area (Å²) in [6.45, 7) is -1.69. The second-order valence-electron chi connectivity index (χ2n) is 4.25. The SMILES string of the molecule is CNC(=O)Nc1ccc(NC(=O)CCOCC(F)(F)F)cc1. The highest BCUT2D eigenvalue weighted by Gasteiger charge is 2.27. The molecule has 0 radical (unpaired) electrons. The summed E-state index contributed by atoms with van der Waals surface area (Å²) in [5, 5.41) is 7.43. The fourth-order valence-corrected chi connectivity index (χ4v) is 1.41. The number of carbonyl (C=O) groups excluding carboxylic acids is 2. The summed E-state index contributed by atoms with van der Waals surface area (Å²) in [6, 6.07) is 5.88. The standard InChI is InChI=1S/C13H16F3N3O3/c1-17-12(21)19-10-4-2-9(3-5-10)18-11(20)6-7-22-8-13(14,15)16/h2-5H,6-8H2,1H3,(H,18,20)(H2,17,19,21). The summed E-state index contributed by atoms with van der Waals surface area (Å²) in [4.78, 5) is 22.6. The Morgan fingerprint density at radius 2 is 1.64 bits per heavy atom. The molecule has 0 saturated heterocycles. The van der Waals surface area contributed by atoms with Crippen molar-refractivity contribution < 1.29 is 27.5 Å². The van der Waals surface area contributed by atoms with E-state index in [-0.39, 0.29) is 19.1 Å². The van der Waals surface area contributed by atoms with Crippen molar-refractivity contribution in [2.24, 2.45) is 0 Å². The van der Waals surface area contributed by atoms with E-state index >= 15 is 0 Å². The van der Waals surface area contributed by atoms with Gasteiger partial charge in [-0.25, -0.2) is 4.79 Å². The largest absolute Gasteiger partial charge is 0.411 e. The molecular formula is C13H16F3N3O3. The van der Waals surface area contributed by atoms with Gasteiger partial charge in [-0.2, -0.15) is 13.2 Å². The van der Waals surface area contributed by atoms with Gasteiger partial charge in [0, 0.05) is 18.4 Å². The predicted octanol–water partition coefficient (Wildman–Crippen LogP) is 2.35. The van der Waals surface area contributed by atoms with Gasteiger partial charge in [0.2, 0.25) is 5.91 Å². The number of ether oxygens (including phenoxy) is 1. The molecule has 0 aromatic heterocycles. The van der Waals surface area contributed by atoms with Crippen LogP contribution in [0, 0.1) is 0 Å². The Labute approximate surface area is 125 Å². The van der Waals surface area contributed by atoms with E-state index in [0.717, 1.165) is 0 Å². The maximum absolute atomic E-state index is 11.8. The summed E-state index contributed by atoms with van der Waals surface area (Å²) < 4.78 is 39.8. The minimum atomic E-state index is -4.40. The lowest BCUT2D eigenvalue weighted by Gasteiger charge is -2.09. The summed E-state index contributed by atoms with van der Waals surface area (Å²) in [6.07, 6.45) is -4.58. The molecule has 0 saturated carbocycles. The fourth-order valence-electron chi connectivity index (χ4n) is 1.41. The van der Waals surface area contributed by atoms with Crippen molar-refractivity contribution in [1.29, 1.82) is 0 Å². The molecule has 0 aliphatic heterocycles. The highest BCUT2D eigenvalue weighted by atomic mass is 19.4. The van der Waals surface area contributed by atoms with Gasteiger partial charge < -0.3 is 20.7 Å². The average Bonchev–Trinajstić information content (AvgIpc) is 2.44. The van der Waals surface area contributed by atoms with Gasteiger partial charge >= 0.3 is 12.2 Å². The van der Waals surface area contributed by atoms with Gasteiger partial charge in [-0.05, 0) is 24.3 Å². The van der Waals surface area contributed by atoms with Gasteiger partial charge in [-0.15, -0.1) is 0 Å². The molecule has 1 aromatic rings. The number of alkyl halides is 3. The Hall–Kier alpha value is -2.29. The zero-order chi connectivity index (χ0) is 16.6. The van der Waals surface area contributed by atoms with E-state index in [1.165, 1.54) is 7.05 Å². The first-order valence-electron chi connectivity index (χ1n) is 6.33. The zero-order valence-corrected chi connectivity index (χ0v) is 11.8. The molecule has 22 heavy (non-hydrogen) atoms. The number of nitrogens with one attached hydrogen (secondary N) is 3. The van der Waals surface area contributed by atoms with Gasteiger partial charge in [0.15, 0.2) is 0 Å². The predicted molar refractivity (Wildman–Crippen MR) is 74.6 cm³/mol. The third-order valence-electron chi connectivity index (χ3n) is 2.39. The summed E-state index contributed by atoms with van der Waals surface area (Å²) in [5.74, 6) is -0.464. The minimum Gasteiger partial charge on any atom is -0.372 e. The number of amides is 3. The summed E-state index contributed by atoms with van der Waals surface area (Å²) in [7, 11) is 1.48. The van der Waals surface area contributed by atoms with E-state index < -0.39 is 18.7 Å². The van der Waals surface area contributed by atoms with Crippen molar-refractivity contribution in [3.8, 4) is 0 Å². The van der Waals surface area contributed by atoms with Crippen LogP contribution in [0.1, 0.15) is 6.42 Å². The smallest absolute Gasteiger partial charge is 0.372 e. The lowest BCUT2D eigenvalue weighted by Crippen LogP contribution is -2.24. The highest BCUT2D eigenvalue weighted by molar-refractivity contribution is 5.92. The molecule has 0 bridgehead atoms. The van der Waals surface area contributed by atoms with Crippen LogP contribution in [0.2, 0.25) is 0 Å². The summed E-state index contributed by atoms with van der Waals surface area (Å²) in [5.41, 5.74) is 0.995. The maximum Gasteiger partial charge on any atom is 0.411 e. The number of rotatable bonds is 6. The Morgan fingerprint density at radius 1 is 1.09 bits per heavy atom. The molecule has 0 aliphatic carbocycles. The lowest BCUT2D eigenvalue weighted by molar-refractivity contribution is -0.174. The second kappa shape index (κ2) is 8.23. The van der Waals surface area contributed by atoms with Crippen molar-refractivity contribution in [2.75, 3.05) is 30.9 Å². The van der Waals surface area contributed by atoms with Gasteiger partial charge in [-0.3, -0.25) is 4.79 Å². The number of hydrogen-bond acceptors (Lipinski definition) is 3. The minimum absolute atomic E-state index is 0.186. The number of anilines is 2. The molecule has 122 valence electrons. The van der Waals surface area contributed by atoms with Crippen LogP contribution >= 0.6 is 0 Å². The van der Waals surface area contributed by atoms with Crippen LogP contribution in [-0.2, 0) is 9.53 Å². The van der Waals surface area contributed by atoms with Crippen LogP contribution < -0.4 is 16.0 Å². The van der Waals surface area contributed by atoms with Gasteiger partial charge in [0.25, 0.3) is 0 Å². The van der Waals surface area contributed by atoms with Crippen molar-refractivity contribution in [2.45, 2.75) is 12.6 Å². The van der Waals surface area contributed by atoms with Crippen LogP contribution in [0.4, 0.5) is 29.3 Å². The molecule has 3 amide bonds. The molecule has 0 spiro atoms. The molecule has 1 aromatic carbocycles. The van der Waals surface area contributed by atoms with Crippen LogP contribution in [0.3, 0.4) is 0 Å². The van der Waals surface area contributed by atoms with Gasteiger partial charge in [-0.1, -0.05) is 0 Å². The molecule has 0 atom stereocenters. The number of hydrogen-bond donors (Lipinski definition) is 3. The quantitative estimate of drug-likeness (QED) is 0.704. The van der Waals surface area contributed by atoms with Crippen LogP contribution in [0.25, 0.3) is 0 Å². The molecule has 0 fully saturated rings. The van der Waals surface area contributed by atoms with Crippen molar-refractivity contribution in [3.05, 3.63) is 24.3 Å². The molecule has 0 heterocycles. The Morgan fingerprint density at radius 3 is 2.14 bits per heavy atom. The van der Waals surface area contributed by atoms with E-state index in [1.54, 1.807) is 24.3 Å². The molecule has 6 nitrogen and oxygen atoms in total. The maximum atomic E-state index is 11.8. The van der Waals surface area contributed by atoms with E-state index in [2.05, 4.69) is 20.7 Å². The third kappa shape index (κ3) is 7.48. The average molecular weight is 319 g/mol. The van der Waals surface area contributed by atoms with E-state index in [1.807, 2.05) is 0 Å². The van der Waals surface area contributed by atoms with Crippen LogP contribution in [0.15, 0.2) is 24.3 Å². The molecule has 9 heteroatoms. The number of halogens is 3. The van der Waals surface area contributed by atoms with Crippen molar-refractivity contribution in [1.82, 2.24) is 5.32 Å². The third-order valence-corrected chi connectivity index (χ3v) is 2.39. The zero-order valence-electron chi connectivity index (χ0n) is 11.8. The summed E-state index contributed by atoms with van der Waals surface area (Å²) >= 11 is 0. The molecule has 1 rings (SSSR count). The molecule has 0 unspecified atom stereocenters. The van der Waals surface area contributed by atoms with E-state index in [0.29, 0.717) is 11.4 Å². The molecular weight excluding hydrogens is 303 g/mol. The first-order chi connectivity index (χ1) is 10.3. The normalized spacial score (nSPS) is 10.9.